The first-order valence-electron chi connectivity index (χ1n) is 8.04. The first kappa shape index (κ1) is 19.6. The Morgan fingerprint density at radius 3 is 2.68 bits per heavy atom. The van der Waals surface area contributed by atoms with Crippen LogP contribution in [0.4, 0.5) is 18.9 Å². The van der Waals surface area contributed by atoms with Crippen LogP contribution in [-0.2, 0) is 15.8 Å². The minimum absolute atomic E-state index is 0.0148. The largest absolute Gasteiger partial charge is 0.416 e. The van der Waals surface area contributed by atoms with Crippen LogP contribution in [0.3, 0.4) is 0 Å². The molecule has 1 aromatic carbocycles. The van der Waals surface area contributed by atoms with Crippen molar-refractivity contribution in [3.8, 4) is 0 Å². The summed E-state index contributed by atoms with van der Waals surface area (Å²) in [6, 6.07) is 2.82. The topological polar surface area (TPSA) is 49.4 Å². The lowest BCUT2D eigenvalue weighted by Gasteiger charge is -2.20. The zero-order valence-electron chi connectivity index (χ0n) is 14.0. The van der Waals surface area contributed by atoms with Crippen molar-refractivity contribution in [2.75, 3.05) is 18.0 Å². The molecule has 1 atom stereocenters. The monoisotopic (exact) mass is 376 g/mol. The quantitative estimate of drug-likeness (QED) is 0.848. The van der Waals surface area contributed by atoms with Crippen molar-refractivity contribution in [1.82, 2.24) is 5.32 Å². The van der Waals surface area contributed by atoms with Crippen LogP contribution in [0.1, 0.15) is 32.3 Å². The van der Waals surface area contributed by atoms with Crippen molar-refractivity contribution >= 4 is 29.1 Å². The minimum atomic E-state index is -4.53. The molecule has 1 aromatic rings. The van der Waals surface area contributed by atoms with Gasteiger partial charge >= 0.3 is 6.18 Å². The van der Waals surface area contributed by atoms with E-state index in [1.807, 2.05) is 13.8 Å². The van der Waals surface area contributed by atoms with Gasteiger partial charge in [0.25, 0.3) is 0 Å². The maximum atomic E-state index is 12.9. The molecule has 1 aliphatic heterocycles. The third kappa shape index (κ3) is 4.87. The number of nitrogens with zero attached hydrogens (tertiary/aromatic N) is 1. The molecule has 0 aromatic heterocycles. The van der Waals surface area contributed by atoms with Crippen molar-refractivity contribution in [1.29, 1.82) is 0 Å². The van der Waals surface area contributed by atoms with Crippen molar-refractivity contribution < 1.29 is 22.8 Å². The Hall–Kier alpha value is -1.76. The molecule has 0 bridgehead atoms. The van der Waals surface area contributed by atoms with Crippen LogP contribution in [0.25, 0.3) is 0 Å². The molecule has 1 unspecified atom stereocenters. The van der Waals surface area contributed by atoms with Crippen LogP contribution in [0.2, 0.25) is 5.02 Å². The molecule has 1 fully saturated rings. The predicted octanol–water partition coefficient (Wildman–Crippen LogP) is 3.87. The lowest BCUT2D eigenvalue weighted by Crippen LogP contribution is -2.34. The van der Waals surface area contributed by atoms with Gasteiger partial charge in [0.1, 0.15) is 0 Å². The molecule has 25 heavy (non-hydrogen) atoms. The maximum absolute atomic E-state index is 12.9. The number of carbonyl (C=O) groups is 2. The van der Waals surface area contributed by atoms with E-state index in [0.29, 0.717) is 12.5 Å². The van der Waals surface area contributed by atoms with Gasteiger partial charge in [-0.15, -0.1) is 0 Å². The van der Waals surface area contributed by atoms with Crippen molar-refractivity contribution in [2.45, 2.75) is 32.9 Å². The van der Waals surface area contributed by atoms with Crippen LogP contribution in [-0.4, -0.2) is 24.9 Å². The first-order chi connectivity index (χ1) is 11.6. The number of nitrogens with one attached hydrogen (secondary N) is 1. The lowest BCUT2D eigenvalue weighted by molar-refractivity contribution is -0.137. The first-order valence-corrected chi connectivity index (χ1v) is 8.42. The Morgan fingerprint density at radius 2 is 2.08 bits per heavy atom. The highest BCUT2D eigenvalue weighted by Crippen LogP contribution is 2.37. The number of halogens is 4. The highest BCUT2D eigenvalue weighted by molar-refractivity contribution is 6.34. The molecule has 1 aliphatic rings. The third-order valence-electron chi connectivity index (χ3n) is 4.08. The Labute approximate surface area is 149 Å². The summed E-state index contributed by atoms with van der Waals surface area (Å²) in [5.41, 5.74) is -0.900. The van der Waals surface area contributed by atoms with Crippen LogP contribution < -0.4 is 10.2 Å². The lowest BCUT2D eigenvalue weighted by atomic mass is 10.1. The summed E-state index contributed by atoms with van der Waals surface area (Å²) in [4.78, 5) is 25.5. The van der Waals surface area contributed by atoms with Gasteiger partial charge in [-0.2, -0.15) is 13.2 Å². The molecule has 1 N–H and O–H groups in total. The highest BCUT2D eigenvalue weighted by Gasteiger charge is 2.37. The van der Waals surface area contributed by atoms with Gasteiger partial charge in [-0.1, -0.05) is 25.4 Å². The summed E-state index contributed by atoms with van der Waals surface area (Å²) >= 11 is 5.98. The predicted molar refractivity (Wildman–Crippen MR) is 89.4 cm³/mol. The number of amides is 2. The standard InChI is InChI=1S/C17H20ClF3N2O2/c1-10(2)5-6-22-16(25)11-7-15(24)23(9-11)14-8-12(17(19,20)21)3-4-13(14)18/h3-4,8,10-11H,5-7,9H2,1-2H3,(H,22,25). The molecule has 2 amide bonds. The Balaban J connectivity index is 2.11. The summed E-state index contributed by atoms with van der Waals surface area (Å²) in [5, 5.41) is 2.81. The van der Waals surface area contributed by atoms with E-state index in [1.165, 1.54) is 0 Å². The Kier molecular flexibility index (Phi) is 5.98. The minimum Gasteiger partial charge on any atom is -0.356 e. The average molecular weight is 377 g/mol. The number of hydrogen-bond donors (Lipinski definition) is 1. The maximum Gasteiger partial charge on any atom is 0.416 e. The summed E-state index contributed by atoms with van der Waals surface area (Å²) in [7, 11) is 0. The molecular formula is C17H20ClF3N2O2. The van der Waals surface area contributed by atoms with E-state index in [4.69, 9.17) is 11.6 Å². The fourth-order valence-corrected chi connectivity index (χ4v) is 2.86. The normalized spacial score (nSPS) is 18.1. The fourth-order valence-electron chi connectivity index (χ4n) is 2.64. The molecular weight excluding hydrogens is 357 g/mol. The summed E-state index contributed by atoms with van der Waals surface area (Å²) < 4.78 is 38.6. The van der Waals surface area contributed by atoms with Gasteiger partial charge in [-0.05, 0) is 30.5 Å². The molecule has 0 spiro atoms. The second-order valence-electron chi connectivity index (χ2n) is 6.54. The van der Waals surface area contributed by atoms with Crippen LogP contribution in [0.15, 0.2) is 18.2 Å². The second kappa shape index (κ2) is 7.64. The van der Waals surface area contributed by atoms with Gasteiger partial charge in [0, 0.05) is 19.5 Å². The number of alkyl halides is 3. The van der Waals surface area contributed by atoms with Crippen molar-refractivity contribution in [2.24, 2.45) is 11.8 Å². The SMILES string of the molecule is CC(C)CCNC(=O)C1CC(=O)N(c2cc(C(F)(F)F)ccc2Cl)C1. The van der Waals surface area contributed by atoms with Crippen molar-refractivity contribution in [3.63, 3.8) is 0 Å². The van der Waals surface area contributed by atoms with Gasteiger partial charge in [0.2, 0.25) is 11.8 Å². The Bertz CT molecular complexity index is 662. The van der Waals surface area contributed by atoms with E-state index < -0.39 is 23.6 Å². The number of anilines is 1. The molecule has 138 valence electrons. The van der Waals surface area contributed by atoms with Gasteiger partial charge in [0.15, 0.2) is 0 Å². The number of benzene rings is 1. The van der Waals surface area contributed by atoms with E-state index in [0.717, 1.165) is 29.5 Å². The van der Waals surface area contributed by atoms with Gasteiger partial charge in [0.05, 0.1) is 22.2 Å². The van der Waals surface area contributed by atoms with Gasteiger partial charge < -0.3 is 10.2 Å². The number of rotatable bonds is 5. The van der Waals surface area contributed by atoms with Crippen LogP contribution in [0, 0.1) is 11.8 Å². The van der Waals surface area contributed by atoms with Gasteiger partial charge in [-0.3, -0.25) is 9.59 Å². The van der Waals surface area contributed by atoms with E-state index in [9.17, 15) is 22.8 Å². The van der Waals surface area contributed by atoms with Crippen LogP contribution >= 0.6 is 11.6 Å². The molecule has 4 nitrogen and oxygen atoms in total. The molecule has 2 rings (SSSR count). The molecule has 0 aliphatic carbocycles. The molecule has 0 saturated carbocycles. The Morgan fingerprint density at radius 1 is 1.40 bits per heavy atom. The molecule has 8 heteroatoms. The van der Waals surface area contributed by atoms with E-state index in [-0.39, 0.29) is 29.6 Å². The average Bonchev–Trinajstić information content (AvgIpc) is 2.88. The zero-order chi connectivity index (χ0) is 18.8. The fraction of sp³-hybridized carbons (Fsp3) is 0.529. The molecule has 1 heterocycles. The van der Waals surface area contributed by atoms with E-state index in [1.54, 1.807) is 0 Å². The van der Waals surface area contributed by atoms with Gasteiger partial charge in [-0.25, -0.2) is 0 Å². The molecule has 1 saturated heterocycles. The third-order valence-corrected chi connectivity index (χ3v) is 4.40. The number of carbonyl (C=O) groups excluding carboxylic acids is 2. The van der Waals surface area contributed by atoms with Crippen LogP contribution in [0.5, 0.6) is 0 Å². The highest BCUT2D eigenvalue weighted by atomic mass is 35.5. The summed E-state index contributed by atoms with van der Waals surface area (Å²) in [5.74, 6) is -0.832. The smallest absolute Gasteiger partial charge is 0.356 e. The summed E-state index contributed by atoms with van der Waals surface area (Å²) in [6.45, 7) is 4.59. The molecule has 0 radical (unpaired) electrons. The van der Waals surface area contributed by atoms with E-state index in [2.05, 4.69) is 5.32 Å². The zero-order valence-corrected chi connectivity index (χ0v) is 14.7. The number of hydrogen-bond acceptors (Lipinski definition) is 2. The van der Waals surface area contributed by atoms with Crippen molar-refractivity contribution in [3.05, 3.63) is 28.8 Å². The summed E-state index contributed by atoms with van der Waals surface area (Å²) in [6.07, 6.45) is -3.76. The van der Waals surface area contributed by atoms with E-state index >= 15 is 0 Å². The second-order valence-corrected chi connectivity index (χ2v) is 6.95.